The molecule has 3 aromatic rings. The average Bonchev–Trinajstić information content (AvgIpc) is 2.87. The van der Waals surface area contributed by atoms with Gasteiger partial charge >= 0.3 is 0 Å². The molecule has 2 heterocycles. The van der Waals surface area contributed by atoms with E-state index in [4.69, 9.17) is 11.6 Å². The maximum absolute atomic E-state index is 12.5. The van der Waals surface area contributed by atoms with Crippen molar-refractivity contribution in [3.63, 3.8) is 0 Å². The molecule has 0 unspecified atom stereocenters. The highest BCUT2D eigenvalue weighted by molar-refractivity contribution is 7.92. The summed E-state index contributed by atoms with van der Waals surface area (Å²) in [5, 5.41) is 4.44. The summed E-state index contributed by atoms with van der Waals surface area (Å²) in [5.41, 5.74) is 1.09. The topological polar surface area (TPSA) is 89.8 Å². The molecule has 9 heteroatoms. The summed E-state index contributed by atoms with van der Waals surface area (Å²) in [7, 11) is -3.86. The predicted molar refractivity (Wildman–Crippen MR) is 90.9 cm³/mol. The number of nitrogens with zero attached hydrogens (tertiary/aromatic N) is 4. The fourth-order valence-corrected chi connectivity index (χ4v) is 3.53. The summed E-state index contributed by atoms with van der Waals surface area (Å²) >= 11 is 5.76. The van der Waals surface area contributed by atoms with E-state index in [2.05, 4.69) is 19.8 Å². The summed E-state index contributed by atoms with van der Waals surface area (Å²) in [5.74, 6) is 0.551. The van der Waals surface area contributed by atoms with Crippen molar-refractivity contribution in [3.8, 4) is 5.69 Å². The lowest BCUT2D eigenvalue weighted by atomic mass is 10.3. The molecule has 0 atom stereocenters. The van der Waals surface area contributed by atoms with Gasteiger partial charge in [-0.25, -0.2) is 22.8 Å². The summed E-state index contributed by atoms with van der Waals surface area (Å²) in [6.07, 6.45) is 0. The summed E-state index contributed by atoms with van der Waals surface area (Å²) in [4.78, 5) is 8.14. The van der Waals surface area contributed by atoms with Gasteiger partial charge in [-0.05, 0) is 38.1 Å². The van der Waals surface area contributed by atoms with Crippen LogP contribution in [0, 0.1) is 13.8 Å². The van der Waals surface area contributed by atoms with Crippen molar-refractivity contribution in [1.29, 1.82) is 0 Å². The Morgan fingerprint density at radius 3 is 2.42 bits per heavy atom. The third-order valence-electron chi connectivity index (χ3n) is 3.29. The van der Waals surface area contributed by atoms with Crippen molar-refractivity contribution >= 4 is 27.6 Å². The Morgan fingerprint density at radius 1 is 1.04 bits per heavy atom. The molecule has 0 saturated carbocycles. The number of benzene rings is 1. The second kappa shape index (κ2) is 6.21. The molecule has 2 aromatic heterocycles. The zero-order valence-electron chi connectivity index (χ0n) is 12.9. The van der Waals surface area contributed by atoms with Crippen LogP contribution in [0.3, 0.4) is 0 Å². The molecule has 0 amide bonds. The maximum atomic E-state index is 12.5. The zero-order chi connectivity index (χ0) is 17.3. The molecular formula is C15H14ClN5O2S. The largest absolute Gasteiger partial charge is 0.266 e. The van der Waals surface area contributed by atoms with Crippen LogP contribution in [0.4, 0.5) is 5.95 Å². The SMILES string of the molecule is Cc1nc(Cl)ccc1S(=O)(=O)Nc1nc(C)n(-c2ccccc2)n1. The number of anilines is 1. The lowest BCUT2D eigenvalue weighted by molar-refractivity contribution is 0.599. The van der Waals surface area contributed by atoms with Gasteiger partial charge in [0, 0.05) is 0 Å². The highest BCUT2D eigenvalue weighted by Gasteiger charge is 2.21. The zero-order valence-corrected chi connectivity index (χ0v) is 14.5. The maximum Gasteiger partial charge on any atom is 0.266 e. The van der Waals surface area contributed by atoms with E-state index in [1.165, 1.54) is 12.1 Å². The Kier molecular flexibility index (Phi) is 4.25. The first-order valence-corrected chi connectivity index (χ1v) is 8.88. The van der Waals surface area contributed by atoms with Crippen molar-refractivity contribution in [1.82, 2.24) is 19.7 Å². The lowest BCUT2D eigenvalue weighted by Gasteiger charge is -2.07. The van der Waals surface area contributed by atoms with Gasteiger partial charge in [-0.2, -0.15) is 4.98 Å². The summed E-state index contributed by atoms with van der Waals surface area (Å²) in [6, 6.07) is 12.1. The molecule has 0 aliphatic heterocycles. The van der Waals surface area contributed by atoms with Gasteiger partial charge in [0.2, 0.25) is 0 Å². The quantitative estimate of drug-likeness (QED) is 0.720. The van der Waals surface area contributed by atoms with Crippen molar-refractivity contribution in [2.24, 2.45) is 0 Å². The normalized spacial score (nSPS) is 11.5. The first-order chi connectivity index (χ1) is 11.4. The van der Waals surface area contributed by atoms with Crippen LogP contribution in [0.1, 0.15) is 11.5 Å². The number of hydrogen-bond donors (Lipinski definition) is 1. The monoisotopic (exact) mass is 363 g/mol. The third kappa shape index (κ3) is 3.24. The van der Waals surface area contributed by atoms with E-state index in [1.54, 1.807) is 18.5 Å². The standard InChI is InChI=1S/C15H14ClN5O2S/c1-10-13(8-9-14(16)17-10)24(22,23)20-15-18-11(2)21(19-15)12-6-4-3-5-7-12/h3-9H,1-2H3,(H,19,20). The Labute approximate surface area is 144 Å². The second-order valence-corrected chi connectivity index (χ2v) is 7.09. The van der Waals surface area contributed by atoms with Gasteiger partial charge in [-0.15, -0.1) is 5.10 Å². The molecule has 0 saturated heterocycles. The number of para-hydroxylation sites is 1. The van der Waals surface area contributed by atoms with Gasteiger partial charge < -0.3 is 0 Å². The summed E-state index contributed by atoms with van der Waals surface area (Å²) in [6.45, 7) is 3.31. The number of pyridine rings is 1. The summed E-state index contributed by atoms with van der Waals surface area (Å²) < 4.78 is 28.9. The van der Waals surface area contributed by atoms with Crippen LogP contribution in [0.25, 0.3) is 5.69 Å². The van der Waals surface area contributed by atoms with Crippen LogP contribution in [0.15, 0.2) is 47.4 Å². The third-order valence-corrected chi connectivity index (χ3v) is 4.96. The first-order valence-electron chi connectivity index (χ1n) is 7.02. The van der Waals surface area contributed by atoms with E-state index < -0.39 is 10.0 Å². The van der Waals surface area contributed by atoms with Crippen LogP contribution >= 0.6 is 11.6 Å². The van der Waals surface area contributed by atoms with Crippen LogP contribution in [0.2, 0.25) is 5.15 Å². The number of sulfonamides is 1. The number of halogens is 1. The Balaban J connectivity index is 1.94. The number of rotatable bonds is 4. The molecular weight excluding hydrogens is 350 g/mol. The molecule has 0 radical (unpaired) electrons. The van der Waals surface area contributed by atoms with Crippen LogP contribution < -0.4 is 4.72 Å². The predicted octanol–water partition coefficient (Wildman–Crippen LogP) is 2.73. The molecule has 1 aromatic carbocycles. The molecule has 0 aliphatic carbocycles. The average molecular weight is 364 g/mol. The smallest absolute Gasteiger partial charge is 0.246 e. The highest BCUT2D eigenvalue weighted by Crippen LogP contribution is 2.19. The van der Waals surface area contributed by atoms with Crippen molar-refractivity contribution in [3.05, 3.63) is 59.1 Å². The fraction of sp³-hybridized carbons (Fsp3) is 0.133. The number of hydrogen-bond acceptors (Lipinski definition) is 5. The lowest BCUT2D eigenvalue weighted by Crippen LogP contribution is -2.16. The van der Waals surface area contributed by atoms with E-state index in [0.717, 1.165) is 5.69 Å². The number of nitrogens with one attached hydrogen (secondary N) is 1. The first kappa shape index (κ1) is 16.4. The molecule has 0 aliphatic rings. The van der Waals surface area contributed by atoms with Crippen molar-refractivity contribution in [2.75, 3.05) is 4.72 Å². The number of aromatic nitrogens is 4. The molecule has 7 nitrogen and oxygen atoms in total. The van der Waals surface area contributed by atoms with Crippen LogP contribution in [-0.4, -0.2) is 28.2 Å². The molecule has 0 bridgehead atoms. The minimum atomic E-state index is -3.86. The van der Waals surface area contributed by atoms with Gasteiger partial charge in [0.1, 0.15) is 15.9 Å². The molecule has 24 heavy (non-hydrogen) atoms. The van der Waals surface area contributed by atoms with Gasteiger partial charge in [0.05, 0.1) is 11.4 Å². The van der Waals surface area contributed by atoms with Gasteiger partial charge in [-0.1, -0.05) is 29.8 Å². The highest BCUT2D eigenvalue weighted by atomic mass is 35.5. The van der Waals surface area contributed by atoms with Gasteiger partial charge in [0.15, 0.2) is 0 Å². The van der Waals surface area contributed by atoms with E-state index in [-0.39, 0.29) is 16.0 Å². The minimum absolute atomic E-state index is 0.00861. The van der Waals surface area contributed by atoms with E-state index in [9.17, 15) is 8.42 Å². The Hall–Kier alpha value is -2.45. The van der Waals surface area contributed by atoms with Crippen LogP contribution in [-0.2, 0) is 10.0 Å². The fourth-order valence-electron chi connectivity index (χ4n) is 2.22. The van der Waals surface area contributed by atoms with E-state index >= 15 is 0 Å². The Morgan fingerprint density at radius 2 is 1.75 bits per heavy atom. The van der Waals surface area contributed by atoms with Crippen molar-refractivity contribution in [2.45, 2.75) is 18.7 Å². The number of aryl methyl sites for hydroxylation is 2. The Bertz CT molecular complexity index is 986. The minimum Gasteiger partial charge on any atom is -0.246 e. The van der Waals surface area contributed by atoms with E-state index in [0.29, 0.717) is 11.5 Å². The second-order valence-electron chi connectivity index (χ2n) is 5.05. The molecule has 0 spiro atoms. The van der Waals surface area contributed by atoms with Gasteiger partial charge in [0.25, 0.3) is 16.0 Å². The molecule has 1 N–H and O–H groups in total. The van der Waals surface area contributed by atoms with Crippen molar-refractivity contribution < 1.29 is 8.42 Å². The molecule has 124 valence electrons. The molecule has 3 rings (SSSR count). The van der Waals surface area contributed by atoms with E-state index in [1.807, 2.05) is 30.3 Å². The van der Waals surface area contributed by atoms with Gasteiger partial charge in [-0.3, -0.25) is 0 Å². The molecule has 0 fully saturated rings. The van der Waals surface area contributed by atoms with Crippen LogP contribution in [0.5, 0.6) is 0 Å².